The maximum Gasteiger partial charge on any atom is 0.208 e. The first-order valence-corrected chi connectivity index (χ1v) is 21.5. The van der Waals surface area contributed by atoms with Crippen molar-refractivity contribution in [3.05, 3.63) is 0 Å². The summed E-state index contributed by atoms with van der Waals surface area (Å²) in [6.45, 7) is 9.58. The first-order chi connectivity index (χ1) is 5.14. The van der Waals surface area contributed by atoms with Crippen molar-refractivity contribution < 1.29 is 0 Å². The van der Waals surface area contributed by atoms with Crippen LogP contribution >= 0.6 is 87.2 Å². The summed E-state index contributed by atoms with van der Waals surface area (Å²) in [4.78, 5) is 0. The molecule has 0 bridgehead atoms. The van der Waals surface area contributed by atoms with Crippen LogP contribution in [0, 0.1) is 0 Å². The van der Waals surface area contributed by atoms with Crippen LogP contribution in [0.15, 0.2) is 0 Å². The molecule has 0 rings (SSSR count). The number of hydrogen-bond acceptors (Lipinski definition) is 0. The summed E-state index contributed by atoms with van der Waals surface area (Å²) in [5, 5.41) is 0. The average molecular weight is 650 g/mol. The van der Waals surface area contributed by atoms with E-state index < -0.39 is 5.17 Å². The molecular formula is C6H14I4Si2. The fraction of sp³-hybridized carbons (Fsp3) is 1.00. The topological polar surface area (TPSA) is 0 Å². The van der Waals surface area contributed by atoms with E-state index in [1.54, 1.807) is 0 Å². The van der Waals surface area contributed by atoms with Gasteiger partial charge in [-0.25, -0.2) is 0 Å². The molecule has 0 unspecified atom stereocenters. The van der Waals surface area contributed by atoms with Crippen LogP contribution in [0.2, 0.25) is 11.1 Å². The van der Waals surface area contributed by atoms with Crippen LogP contribution in [0.1, 0.15) is 27.7 Å². The van der Waals surface area contributed by atoms with Crippen LogP contribution < -0.4 is 0 Å². The summed E-state index contributed by atoms with van der Waals surface area (Å²) in [6, 6.07) is 0. The summed E-state index contributed by atoms with van der Waals surface area (Å²) < 4.78 is -2.04. The molecule has 12 heavy (non-hydrogen) atoms. The predicted molar refractivity (Wildman–Crippen MR) is 97.8 cm³/mol. The Morgan fingerprint density at radius 1 is 0.667 bits per heavy atom. The second-order valence-electron chi connectivity index (χ2n) is 3.56. The summed E-state index contributed by atoms with van der Waals surface area (Å²) in [5.74, 6) is 0. The SMILES string of the molecule is CC(C)[Si](I)(I)[Si](I)(I)C(C)C. The minimum absolute atomic E-state index is 0.904. The van der Waals surface area contributed by atoms with E-state index in [0.29, 0.717) is 0 Å². The molecule has 0 N–H and O–H groups in total. The Bertz CT molecular complexity index is 138. The van der Waals surface area contributed by atoms with Gasteiger partial charge in [-0.05, 0) is 11.1 Å². The van der Waals surface area contributed by atoms with Crippen molar-refractivity contribution in [2.45, 2.75) is 38.8 Å². The maximum absolute atomic E-state index is 2.80. The second-order valence-corrected chi connectivity index (χ2v) is 58.1. The molecule has 0 amide bonds. The standard InChI is InChI=1S/C6H14I4Si2/c1-5(2)11(7,8)12(9,10)6(3)4/h5-6H,1-4H3. The molecule has 0 aromatic heterocycles. The minimum Gasteiger partial charge on any atom is -0.106 e. The van der Waals surface area contributed by atoms with Crippen LogP contribution in [0.3, 0.4) is 0 Å². The summed E-state index contributed by atoms with van der Waals surface area (Å²) in [7, 11) is 0. The van der Waals surface area contributed by atoms with Crippen LogP contribution in [0.25, 0.3) is 0 Å². The lowest BCUT2D eigenvalue weighted by Crippen LogP contribution is -2.49. The van der Waals surface area contributed by atoms with Crippen LogP contribution in [0.5, 0.6) is 0 Å². The smallest absolute Gasteiger partial charge is 0.106 e. The van der Waals surface area contributed by atoms with Crippen LogP contribution in [0.4, 0.5) is 0 Å². The van der Waals surface area contributed by atoms with Gasteiger partial charge in [0.15, 0.2) is 0 Å². The molecule has 0 nitrogen and oxygen atoms in total. The van der Waals surface area contributed by atoms with E-state index in [4.69, 9.17) is 0 Å². The maximum atomic E-state index is 2.80. The Balaban J connectivity index is 4.75. The third-order valence-corrected chi connectivity index (χ3v) is 94.5. The van der Waals surface area contributed by atoms with Gasteiger partial charge in [0.25, 0.3) is 0 Å². The first-order valence-electron chi connectivity index (χ1n) is 3.89. The quantitative estimate of drug-likeness (QED) is 0.215. The lowest BCUT2D eigenvalue weighted by molar-refractivity contribution is 1.04. The van der Waals surface area contributed by atoms with Crippen molar-refractivity contribution in [1.29, 1.82) is 0 Å². The zero-order valence-electron chi connectivity index (χ0n) is 7.67. The van der Waals surface area contributed by atoms with E-state index in [1.807, 2.05) is 0 Å². The zero-order chi connectivity index (χ0) is 10.2. The summed E-state index contributed by atoms with van der Waals surface area (Å²) >= 11 is 11.2. The van der Waals surface area contributed by atoms with Crippen LogP contribution in [-0.2, 0) is 0 Å². The van der Waals surface area contributed by atoms with Crippen LogP contribution in [-0.4, -0.2) is 5.17 Å². The predicted octanol–water partition coefficient (Wildman–Crippen LogP) is 5.51. The second kappa shape index (κ2) is 5.61. The Kier molecular flexibility index (Phi) is 7.18. The lowest BCUT2D eigenvalue weighted by atomic mass is 10.6. The van der Waals surface area contributed by atoms with Gasteiger partial charge in [0.2, 0.25) is 5.17 Å². The van der Waals surface area contributed by atoms with E-state index in [1.165, 1.54) is 0 Å². The summed E-state index contributed by atoms with van der Waals surface area (Å²) in [5.41, 5.74) is 1.81. The van der Waals surface area contributed by atoms with E-state index >= 15 is 0 Å². The molecule has 0 aliphatic heterocycles. The van der Waals surface area contributed by atoms with E-state index in [-0.39, 0.29) is 0 Å². The van der Waals surface area contributed by atoms with Gasteiger partial charge in [-0.2, -0.15) is 0 Å². The Labute approximate surface area is 128 Å². The largest absolute Gasteiger partial charge is 0.208 e. The van der Waals surface area contributed by atoms with Gasteiger partial charge in [0.1, 0.15) is 0 Å². The highest BCUT2D eigenvalue weighted by molar-refractivity contribution is 14.3. The van der Waals surface area contributed by atoms with Crippen molar-refractivity contribution in [3.63, 3.8) is 0 Å². The van der Waals surface area contributed by atoms with Gasteiger partial charge < -0.3 is 0 Å². The fourth-order valence-corrected chi connectivity index (χ4v) is 29.3. The molecule has 0 atom stereocenters. The molecule has 0 aliphatic rings. The molecule has 0 aromatic carbocycles. The van der Waals surface area contributed by atoms with Gasteiger partial charge >= 0.3 is 0 Å². The number of halogens is 4. The molecule has 0 radical (unpaired) electrons. The highest BCUT2D eigenvalue weighted by Gasteiger charge is 2.53. The monoisotopic (exact) mass is 650 g/mol. The molecule has 0 saturated heterocycles. The third-order valence-electron chi connectivity index (χ3n) is 1.89. The molecule has 0 saturated carbocycles. The number of hydrogen-bond donors (Lipinski definition) is 0. The van der Waals surface area contributed by atoms with Gasteiger partial charge in [-0.15, -0.1) is 87.2 Å². The van der Waals surface area contributed by atoms with Gasteiger partial charge in [0.05, 0.1) is 0 Å². The Morgan fingerprint density at radius 3 is 0.917 bits per heavy atom. The highest BCUT2D eigenvalue weighted by atomic mass is 127. The molecule has 74 valence electrons. The van der Waals surface area contributed by atoms with Crippen molar-refractivity contribution >= 4 is 92.4 Å². The fourth-order valence-electron chi connectivity index (χ4n) is 0.770. The molecule has 0 heterocycles. The highest BCUT2D eigenvalue weighted by Crippen LogP contribution is 2.53. The Hall–Kier alpha value is 3.35. The molecule has 0 aromatic rings. The van der Waals surface area contributed by atoms with Crippen molar-refractivity contribution in [2.75, 3.05) is 0 Å². The van der Waals surface area contributed by atoms with Gasteiger partial charge in [0, 0.05) is 0 Å². The number of rotatable bonds is 3. The zero-order valence-corrected chi connectivity index (χ0v) is 18.3. The molecule has 0 aliphatic carbocycles. The van der Waals surface area contributed by atoms with Crippen molar-refractivity contribution in [3.8, 4) is 0 Å². The molecule has 6 heteroatoms. The first kappa shape index (κ1) is 15.4. The van der Waals surface area contributed by atoms with E-state index in [2.05, 4.69) is 115 Å². The Morgan fingerprint density at radius 2 is 0.833 bits per heavy atom. The van der Waals surface area contributed by atoms with Crippen molar-refractivity contribution in [2.24, 2.45) is 0 Å². The molecule has 0 spiro atoms. The summed E-state index contributed by atoms with van der Waals surface area (Å²) in [6.07, 6.45) is 0. The average Bonchev–Trinajstić information content (AvgIpc) is 1.86. The van der Waals surface area contributed by atoms with Gasteiger partial charge in [-0.1, -0.05) is 27.7 Å². The normalized spacial score (nSPS) is 14.5. The molecular weight excluding hydrogens is 636 g/mol. The molecule has 0 fully saturated rings. The van der Waals surface area contributed by atoms with E-state index in [0.717, 1.165) is 11.1 Å². The third kappa shape index (κ3) is 3.44. The lowest BCUT2D eigenvalue weighted by Gasteiger charge is -2.36. The van der Waals surface area contributed by atoms with E-state index in [9.17, 15) is 0 Å². The minimum atomic E-state index is -1.02. The van der Waals surface area contributed by atoms with Gasteiger partial charge in [-0.3, -0.25) is 0 Å². The van der Waals surface area contributed by atoms with Crippen molar-refractivity contribution in [1.82, 2.24) is 0 Å².